The molecule has 0 heterocycles. The first kappa shape index (κ1) is 13.0. The Labute approximate surface area is 97.6 Å². The van der Waals surface area contributed by atoms with Crippen molar-refractivity contribution >= 4 is 0 Å². The summed E-state index contributed by atoms with van der Waals surface area (Å²) in [4.78, 5) is 0. The summed E-state index contributed by atoms with van der Waals surface area (Å²) >= 11 is 0. The van der Waals surface area contributed by atoms with Crippen molar-refractivity contribution in [3.05, 3.63) is 28.8 Å². The molecule has 90 valence electrons. The molecule has 0 saturated heterocycles. The standard InChI is InChI=1S/C13H21NO2/c1-9-7-10(2)13(15-4)12(8-9)11(3)16-6-5-14/h7-8,11H,5-6,14H2,1-4H3. The van der Waals surface area contributed by atoms with Crippen LogP contribution in [0.1, 0.15) is 29.7 Å². The molecule has 3 heteroatoms. The number of methoxy groups -OCH3 is 1. The van der Waals surface area contributed by atoms with E-state index in [4.69, 9.17) is 15.2 Å². The van der Waals surface area contributed by atoms with E-state index < -0.39 is 0 Å². The van der Waals surface area contributed by atoms with Gasteiger partial charge in [-0.05, 0) is 32.4 Å². The summed E-state index contributed by atoms with van der Waals surface area (Å²) in [5, 5.41) is 0. The maximum Gasteiger partial charge on any atom is 0.127 e. The Morgan fingerprint density at radius 2 is 2.00 bits per heavy atom. The van der Waals surface area contributed by atoms with Gasteiger partial charge in [0.25, 0.3) is 0 Å². The maximum atomic E-state index is 5.62. The fourth-order valence-electron chi connectivity index (χ4n) is 1.90. The van der Waals surface area contributed by atoms with Crippen LogP contribution in [0.15, 0.2) is 12.1 Å². The van der Waals surface area contributed by atoms with Crippen LogP contribution in [0.5, 0.6) is 5.75 Å². The van der Waals surface area contributed by atoms with Gasteiger partial charge >= 0.3 is 0 Å². The number of ether oxygens (including phenoxy) is 2. The van der Waals surface area contributed by atoms with Crippen LogP contribution in [0.4, 0.5) is 0 Å². The van der Waals surface area contributed by atoms with E-state index in [1.165, 1.54) is 5.56 Å². The molecular weight excluding hydrogens is 202 g/mol. The quantitative estimate of drug-likeness (QED) is 0.833. The highest BCUT2D eigenvalue weighted by atomic mass is 16.5. The smallest absolute Gasteiger partial charge is 0.127 e. The molecule has 0 spiro atoms. The Morgan fingerprint density at radius 3 is 2.56 bits per heavy atom. The highest BCUT2D eigenvalue weighted by molar-refractivity contribution is 5.44. The van der Waals surface area contributed by atoms with Crippen LogP contribution in [0, 0.1) is 13.8 Å². The first-order valence-corrected chi connectivity index (χ1v) is 5.57. The van der Waals surface area contributed by atoms with Crippen molar-refractivity contribution < 1.29 is 9.47 Å². The third-order valence-corrected chi connectivity index (χ3v) is 2.58. The van der Waals surface area contributed by atoms with E-state index in [-0.39, 0.29) is 6.10 Å². The van der Waals surface area contributed by atoms with Gasteiger partial charge in [-0.3, -0.25) is 0 Å². The minimum atomic E-state index is 0.0112. The van der Waals surface area contributed by atoms with E-state index in [9.17, 15) is 0 Å². The molecule has 0 aromatic heterocycles. The average molecular weight is 223 g/mol. The van der Waals surface area contributed by atoms with Gasteiger partial charge in [-0.15, -0.1) is 0 Å². The Balaban J connectivity index is 3.00. The molecule has 1 rings (SSSR count). The van der Waals surface area contributed by atoms with Gasteiger partial charge < -0.3 is 15.2 Å². The van der Waals surface area contributed by atoms with Crippen LogP contribution in [0.25, 0.3) is 0 Å². The van der Waals surface area contributed by atoms with Crippen molar-refractivity contribution in [3.63, 3.8) is 0 Å². The van der Waals surface area contributed by atoms with Crippen molar-refractivity contribution in [3.8, 4) is 5.75 Å². The maximum absolute atomic E-state index is 5.62. The van der Waals surface area contributed by atoms with E-state index >= 15 is 0 Å². The minimum Gasteiger partial charge on any atom is -0.496 e. The summed E-state index contributed by atoms with van der Waals surface area (Å²) < 4.78 is 11.0. The number of hydrogen-bond donors (Lipinski definition) is 1. The average Bonchev–Trinajstić information content (AvgIpc) is 2.24. The molecule has 1 unspecified atom stereocenters. The summed E-state index contributed by atoms with van der Waals surface area (Å²) in [7, 11) is 1.69. The topological polar surface area (TPSA) is 44.5 Å². The van der Waals surface area contributed by atoms with Crippen molar-refractivity contribution in [1.29, 1.82) is 0 Å². The third kappa shape index (κ3) is 2.97. The van der Waals surface area contributed by atoms with E-state index in [0.29, 0.717) is 13.2 Å². The van der Waals surface area contributed by atoms with Crippen molar-refractivity contribution in [2.24, 2.45) is 5.73 Å². The molecule has 1 aromatic carbocycles. The summed E-state index contributed by atoms with van der Waals surface area (Å²) in [6.45, 7) is 7.25. The van der Waals surface area contributed by atoms with Crippen LogP contribution >= 0.6 is 0 Å². The summed E-state index contributed by atoms with van der Waals surface area (Å²) in [6, 6.07) is 4.21. The number of benzene rings is 1. The van der Waals surface area contributed by atoms with Crippen LogP contribution < -0.4 is 10.5 Å². The number of rotatable bonds is 5. The van der Waals surface area contributed by atoms with Crippen molar-refractivity contribution in [2.75, 3.05) is 20.3 Å². The molecule has 0 aliphatic heterocycles. The molecule has 2 N–H and O–H groups in total. The molecule has 3 nitrogen and oxygen atoms in total. The van der Waals surface area contributed by atoms with Gasteiger partial charge in [0.05, 0.1) is 19.8 Å². The van der Waals surface area contributed by atoms with Crippen LogP contribution in [-0.4, -0.2) is 20.3 Å². The lowest BCUT2D eigenvalue weighted by Gasteiger charge is -2.18. The van der Waals surface area contributed by atoms with Gasteiger partial charge in [0.2, 0.25) is 0 Å². The third-order valence-electron chi connectivity index (χ3n) is 2.58. The molecule has 0 saturated carbocycles. The van der Waals surface area contributed by atoms with Gasteiger partial charge in [-0.1, -0.05) is 11.6 Å². The lowest BCUT2D eigenvalue weighted by molar-refractivity contribution is 0.0699. The van der Waals surface area contributed by atoms with Gasteiger partial charge in [-0.2, -0.15) is 0 Å². The summed E-state index contributed by atoms with van der Waals surface area (Å²) in [5.41, 5.74) is 8.88. The fraction of sp³-hybridized carbons (Fsp3) is 0.538. The molecule has 0 aliphatic rings. The zero-order chi connectivity index (χ0) is 12.1. The molecule has 0 fully saturated rings. The second kappa shape index (κ2) is 5.87. The number of aryl methyl sites for hydroxylation is 2. The predicted molar refractivity (Wildman–Crippen MR) is 65.9 cm³/mol. The van der Waals surface area contributed by atoms with Crippen LogP contribution in [0.2, 0.25) is 0 Å². The van der Waals surface area contributed by atoms with Gasteiger partial charge in [0.15, 0.2) is 0 Å². The molecule has 16 heavy (non-hydrogen) atoms. The Bertz CT molecular complexity index is 350. The molecule has 0 aliphatic carbocycles. The van der Waals surface area contributed by atoms with E-state index in [2.05, 4.69) is 19.1 Å². The molecule has 1 atom stereocenters. The van der Waals surface area contributed by atoms with E-state index in [1.807, 2.05) is 13.8 Å². The van der Waals surface area contributed by atoms with Gasteiger partial charge in [-0.25, -0.2) is 0 Å². The second-order valence-electron chi connectivity index (χ2n) is 4.01. The number of hydrogen-bond acceptors (Lipinski definition) is 3. The molecule has 1 aromatic rings. The molecule has 0 radical (unpaired) electrons. The predicted octanol–water partition coefficient (Wildman–Crippen LogP) is 2.35. The Hall–Kier alpha value is -1.06. The van der Waals surface area contributed by atoms with Gasteiger partial charge in [0, 0.05) is 12.1 Å². The first-order chi connectivity index (χ1) is 7.60. The second-order valence-corrected chi connectivity index (χ2v) is 4.01. The molecule has 0 amide bonds. The molecule has 0 bridgehead atoms. The van der Waals surface area contributed by atoms with Crippen LogP contribution in [-0.2, 0) is 4.74 Å². The highest BCUT2D eigenvalue weighted by Crippen LogP contribution is 2.31. The normalized spacial score (nSPS) is 12.6. The molecular formula is C13H21NO2. The van der Waals surface area contributed by atoms with Gasteiger partial charge in [0.1, 0.15) is 5.75 Å². The van der Waals surface area contributed by atoms with Crippen LogP contribution in [0.3, 0.4) is 0 Å². The Morgan fingerprint density at radius 1 is 1.31 bits per heavy atom. The van der Waals surface area contributed by atoms with E-state index in [1.54, 1.807) is 7.11 Å². The lowest BCUT2D eigenvalue weighted by Crippen LogP contribution is -2.12. The van der Waals surface area contributed by atoms with Crippen molar-refractivity contribution in [1.82, 2.24) is 0 Å². The minimum absolute atomic E-state index is 0.0112. The highest BCUT2D eigenvalue weighted by Gasteiger charge is 2.14. The zero-order valence-corrected chi connectivity index (χ0v) is 10.5. The monoisotopic (exact) mass is 223 g/mol. The Kier molecular flexibility index (Phi) is 4.77. The van der Waals surface area contributed by atoms with Crippen molar-refractivity contribution in [2.45, 2.75) is 26.9 Å². The zero-order valence-electron chi connectivity index (χ0n) is 10.5. The SMILES string of the molecule is COc1c(C)cc(C)cc1C(C)OCCN. The lowest BCUT2D eigenvalue weighted by atomic mass is 10.0. The fourth-order valence-corrected chi connectivity index (χ4v) is 1.90. The largest absolute Gasteiger partial charge is 0.496 e. The summed E-state index contributed by atoms with van der Waals surface area (Å²) in [6.07, 6.45) is 0.0112. The number of nitrogens with two attached hydrogens (primary N) is 1. The van der Waals surface area contributed by atoms with E-state index in [0.717, 1.165) is 16.9 Å². The first-order valence-electron chi connectivity index (χ1n) is 5.57. The summed E-state index contributed by atoms with van der Waals surface area (Å²) in [5.74, 6) is 0.912.